The van der Waals surface area contributed by atoms with E-state index in [2.05, 4.69) is 6.92 Å². The largest absolute Gasteiger partial charge is 0.506 e. The number of primary amides is 1. The lowest BCUT2D eigenvalue weighted by atomic mass is 9.99. The van der Waals surface area contributed by atoms with Crippen molar-refractivity contribution in [3.63, 3.8) is 0 Å². The van der Waals surface area contributed by atoms with Gasteiger partial charge in [-0.25, -0.2) is 0 Å². The van der Waals surface area contributed by atoms with Crippen molar-refractivity contribution in [2.24, 2.45) is 11.7 Å². The van der Waals surface area contributed by atoms with Crippen LogP contribution < -0.4 is 10.5 Å². The van der Waals surface area contributed by atoms with E-state index in [-0.39, 0.29) is 28.8 Å². The first-order valence-corrected chi connectivity index (χ1v) is 11.4. The number of phenolic OH excluding ortho intramolecular Hbond substituents is 1. The molecule has 0 aliphatic carbocycles. The molecule has 0 aromatic heterocycles. The summed E-state index contributed by atoms with van der Waals surface area (Å²) >= 11 is 5.50. The van der Waals surface area contributed by atoms with E-state index >= 15 is 0 Å². The molecule has 2 amide bonds. The normalized spacial score (nSPS) is 13.6. The third-order valence-corrected chi connectivity index (χ3v) is 6.10. The molecule has 1 heterocycles. The predicted molar refractivity (Wildman–Crippen MR) is 134 cm³/mol. The number of carbonyl (C=O) groups is 2. The molecule has 4 rings (SSSR count). The second kappa shape index (κ2) is 11.5. The minimum atomic E-state index is -0.563. The number of piperidine rings is 1. The van der Waals surface area contributed by atoms with Gasteiger partial charge in [0.1, 0.15) is 11.5 Å². The van der Waals surface area contributed by atoms with Crippen LogP contribution in [0.25, 0.3) is 10.8 Å². The van der Waals surface area contributed by atoms with Gasteiger partial charge in [-0.15, -0.1) is 0 Å². The number of nitrogens with one attached hydrogen (secondary N) is 1. The van der Waals surface area contributed by atoms with E-state index in [4.69, 9.17) is 32.6 Å². The van der Waals surface area contributed by atoms with Crippen LogP contribution in [0.1, 0.15) is 35.7 Å². The smallest absolute Gasteiger partial charge is 0.260 e. The highest BCUT2D eigenvalue weighted by Gasteiger charge is 2.20. The third-order valence-electron chi connectivity index (χ3n) is 5.79. The molecule has 0 bridgehead atoms. The number of nitrogens with zero attached hydrogens (tertiary/aromatic N) is 1. The molecule has 8 heteroatoms. The minimum absolute atomic E-state index is 0.0529. The van der Waals surface area contributed by atoms with Gasteiger partial charge in [0.15, 0.2) is 6.61 Å². The second-order valence-corrected chi connectivity index (χ2v) is 8.63. The van der Waals surface area contributed by atoms with Crippen molar-refractivity contribution in [3.05, 3.63) is 70.7 Å². The highest BCUT2D eigenvalue weighted by molar-refractivity contribution is 6.32. The standard InChI is InChI=1S/C19H22N2O2.C7H6ClNO2/c1-14-8-10-21(11-9-14)19(22)13-23-18-7-6-15(12-20)16-4-2-3-5-17(16)18;8-5-3-4(7(9)11)1-2-6(5)10/h2-7,12,14,20H,8-11,13H2,1H3;1-3,10H,(H2,9,11). The van der Waals surface area contributed by atoms with Crippen LogP contribution in [0.5, 0.6) is 11.5 Å². The van der Waals surface area contributed by atoms with Crippen molar-refractivity contribution in [1.82, 2.24) is 4.90 Å². The molecule has 0 radical (unpaired) electrons. The molecule has 0 atom stereocenters. The third kappa shape index (κ3) is 6.26. The monoisotopic (exact) mass is 481 g/mol. The summed E-state index contributed by atoms with van der Waals surface area (Å²) in [6.45, 7) is 3.96. The van der Waals surface area contributed by atoms with Crippen molar-refractivity contribution in [2.45, 2.75) is 19.8 Å². The van der Waals surface area contributed by atoms with Gasteiger partial charge in [-0.2, -0.15) is 0 Å². The van der Waals surface area contributed by atoms with Crippen LogP contribution in [0.15, 0.2) is 54.6 Å². The summed E-state index contributed by atoms with van der Waals surface area (Å²) < 4.78 is 5.79. The number of halogens is 1. The first-order valence-electron chi connectivity index (χ1n) is 11.0. The van der Waals surface area contributed by atoms with Crippen LogP contribution in [-0.2, 0) is 4.79 Å². The molecule has 34 heavy (non-hydrogen) atoms. The molecule has 7 nitrogen and oxygen atoms in total. The van der Waals surface area contributed by atoms with Gasteiger partial charge in [-0.05, 0) is 54.5 Å². The molecule has 3 aromatic carbocycles. The first kappa shape index (κ1) is 25.1. The molecule has 1 aliphatic rings. The minimum Gasteiger partial charge on any atom is -0.506 e. The van der Waals surface area contributed by atoms with Crippen LogP contribution >= 0.6 is 11.6 Å². The number of rotatable bonds is 5. The summed E-state index contributed by atoms with van der Waals surface area (Å²) in [6, 6.07) is 15.6. The Morgan fingerprint density at radius 3 is 2.44 bits per heavy atom. The Balaban J connectivity index is 0.000000248. The van der Waals surface area contributed by atoms with Crippen LogP contribution in [0.3, 0.4) is 0 Å². The summed E-state index contributed by atoms with van der Waals surface area (Å²) in [5, 5.41) is 18.5. The zero-order valence-electron chi connectivity index (χ0n) is 19.0. The van der Waals surface area contributed by atoms with Gasteiger partial charge in [-0.1, -0.05) is 42.8 Å². The van der Waals surface area contributed by atoms with Gasteiger partial charge >= 0.3 is 0 Å². The first-order chi connectivity index (χ1) is 16.3. The van der Waals surface area contributed by atoms with Crippen molar-refractivity contribution < 1.29 is 19.4 Å². The number of amides is 2. The Hall–Kier alpha value is -3.58. The number of nitrogens with two attached hydrogens (primary N) is 1. The SMILES string of the molecule is CC1CCN(C(=O)COc2ccc(C=N)c3ccccc23)CC1.NC(=O)c1ccc(O)c(Cl)c1. The summed E-state index contributed by atoms with van der Waals surface area (Å²) in [4.78, 5) is 24.7. The van der Waals surface area contributed by atoms with Crippen LogP contribution in [0.2, 0.25) is 5.02 Å². The van der Waals surface area contributed by atoms with Crippen LogP contribution in [0.4, 0.5) is 0 Å². The molecular weight excluding hydrogens is 454 g/mol. The number of aromatic hydroxyl groups is 1. The molecule has 0 spiro atoms. The molecule has 3 aromatic rings. The Morgan fingerprint density at radius 1 is 1.15 bits per heavy atom. The molecule has 1 saturated heterocycles. The van der Waals surface area contributed by atoms with Gasteiger partial charge in [0.2, 0.25) is 5.91 Å². The summed E-state index contributed by atoms with van der Waals surface area (Å²) in [6.07, 6.45) is 3.48. The molecule has 1 fully saturated rings. The van der Waals surface area contributed by atoms with Crippen molar-refractivity contribution >= 4 is 40.4 Å². The average molecular weight is 482 g/mol. The van der Waals surface area contributed by atoms with Crippen molar-refractivity contribution in [1.29, 1.82) is 5.41 Å². The fourth-order valence-electron chi connectivity index (χ4n) is 3.70. The number of fused-ring (bicyclic) bond motifs is 1. The molecule has 0 saturated carbocycles. The number of carbonyl (C=O) groups excluding carboxylic acids is 2. The zero-order chi connectivity index (χ0) is 24.7. The summed E-state index contributed by atoms with van der Waals surface area (Å²) in [5.41, 5.74) is 6.09. The van der Waals surface area contributed by atoms with Crippen molar-refractivity contribution in [2.75, 3.05) is 19.7 Å². The van der Waals surface area contributed by atoms with E-state index in [0.29, 0.717) is 11.7 Å². The number of hydrogen-bond donors (Lipinski definition) is 3. The van der Waals surface area contributed by atoms with E-state index in [1.807, 2.05) is 41.3 Å². The summed E-state index contributed by atoms with van der Waals surface area (Å²) in [7, 11) is 0. The molecule has 178 valence electrons. The van der Waals surface area contributed by atoms with E-state index < -0.39 is 5.91 Å². The lowest BCUT2D eigenvalue weighted by molar-refractivity contribution is -0.134. The topological polar surface area (TPSA) is 117 Å². The zero-order valence-corrected chi connectivity index (χ0v) is 19.7. The van der Waals surface area contributed by atoms with E-state index in [9.17, 15) is 9.59 Å². The quantitative estimate of drug-likeness (QED) is 0.461. The number of benzene rings is 3. The van der Waals surface area contributed by atoms with Gasteiger partial charge in [0.05, 0.1) is 5.02 Å². The lowest BCUT2D eigenvalue weighted by Crippen LogP contribution is -2.40. The Kier molecular flexibility index (Phi) is 8.49. The van der Waals surface area contributed by atoms with Crippen LogP contribution in [-0.4, -0.2) is 47.7 Å². The molecular formula is C26H28ClN3O4. The molecule has 1 aliphatic heterocycles. The van der Waals surface area contributed by atoms with Crippen molar-refractivity contribution in [3.8, 4) is 11.5 Å². The average Bonchev–Trinajstić information content (AvgIpc) is 2.84. The van der Waals surface area contributed by atoms with Gasteiger partial charge in [0.25, 0.3) is 5.91 Å². The number of likely N-dealkylation sites (tertiary alicyclic amines) is 1. The maximum absolute atomic E-state index is 12.3. The van der Waals surface area contributed by atoms with Crippen LogP contribution in [0, 0.1) is 11.3 Å². The number of phenols is 1. The number of ether oxygens (including phenoxy) is 1. The highest BCUT2D eigenvalue weighted by atomic mass is 35.5. The Labute approximate surface area is 203 Å². The van der Waals surface area contributed by atoms with E-state index in [1.165, 1.54) is 24.4 Å². The second-order valence-electron chi connectivity index (χ2n) is 8.23. The number of hydrogen-bond acceptors (Lipinski definition) is 5. The maximum atomic E-state index is 12.3. The van der Waals surface area contributed by atoms with Gasteiger partial charge in [0, 0.05) is 35.8 Å². The molecule has 4 N–H and O–H groups in total. The van der Waals surface area contributed by atoms with E-state index in [1.54, 1.807) is 0 Å². The molecule has 0 unspecified atom stereocenters. The fraction of sp³-hybridized carbons (Fsp3) is 0.269. The van der Waals surface area contributed by atoms with Gasteiger partial charge < -0.3 is 25.9 Å². The predicted octanol–water partition coefficient (Wildman–Crippen LogP) is 4.62. The Bertz CT molecular complexity index is 1190. The highest BCUT2D eigenvalue weighted by Crippen LogP contribution is 2.28. The Morgan fingerprint density at radius 2 is 1.82 bits per heavy atom. The summed E-state index contributed by atoms with van der Waals surface area (Å²) in [5.74, 6) is 0.836. The van der Waals surface area contributed by atoms with E-state index in [0.717, 1.165) is 42.3 Å². The lowest BCUT2D eigenvalue weighted by Gasteiger charge is -2.30. The maximum Gasteiger partial charge on any atom is 0.260 e. The van der Waals surface area contributed by atoms with Gasteiger partial charge in [-0.3, -0.25) is 9.59 Å². The fourth-order valence-corrected chi connectivity index (χ4v) is 3.88.